The van der Waals surface area contributed by atoms with Gasteiger partial charge in [-0.25, -0.2) is 25.3 Å². The van der Waals surface area contributed by atoms with Crippen LogP contribution in [0.5, 0.6) is 0 Å². The SMILES string of the molecule is CCS(=O)(=O)c1cc(N)c2ccc3c(S(=O)(=O)CCS(=O)(=O)O)cc(S(=O)(=O)CC)c4ccc1c2c43. The van der Waals surface area contributed by atoms with Crippen molar-refractivity contribution in [1.82, 2.24) is 0 Å². The molecule has 0 aliphatic carbocycles. The highest BCUT2D eigenvalue weighted by Crippen LogP contribution is 2.44. The molecule has 0 fully saturated rings. The van der Waals surface area contributed by atoms with Gasteiger partial charge in [-0.3, -0.25) is 4.55 Å². The fourth-order valence-electron chi connectivity index (χ4n) is 4.33. The van der Waals surface area contributed by atoms with Crippen LogP contribution in [0.2, 0.25) is 0 Å². The van der Waals surface area contributed by atoms with Gasteiger partial charge in [0.1, 0.15) is 0 Å². The number of nitrogen functional groups attached to an aromatic ring is 1. The standard InChI is InChI=1S/C22H23NO9S4/c1-3-33(24,25)18-11-17(23)13-5-6-16-20(35(28,29)9-10-36(30,31)32)12-19(34(26,27)4-2)15-8-7-14(18)21(13)22(15)16/h5-8,11-12H,3-4,9-10,23H2,1-2H3,(H,30,31,32). The van der Waals surface area contributed by atoms with Gasteiger partial charge in [0.05, 0.1) is 37.7 Å². The molecule has 0 atom stereocenters. The molecule has 36 heavy (non-hydrogen) atoms. The van der Waals surface area contributed by atoms with E-state index in [1.165, 1.54) is 44.2 Å². The molecule has 0 unspecified atom stereocenters. The quantitative estimate of drug-likeness (QED) is 0.180. The summed E-state index contributed by atoms with van der Waals surface area (Å²) in [5.41, 5.74) is 6.31. The summed E-state index contributed by atoms with van der Waals surface area (Å²) in [4.78, 5) is -0.800. The van der Waals surface area contributed by atoms with E-state index in [1.54, 1.807) is 0 Å². The van der Waals surface area contributed by atoms with Gasteiger partial charge in [-0.05, 0) is 12.1 Å². The smallest absolute Gasteiger partial charge is 0.265 e. The molecule has 3 N–H and O–H groups in total. The minimum absolute atomic E-state index is 0.0658. The molecule has 0 radical (unpaired) electrons. The molecular weight excluding hydrogens is 551 g/mol. The van der Waals surface area contributed by atoms with Crippen LogP contribution in [0.15, 0.2) is 51.1 Å². The molecule has 0 saturated carbocycles. The minimum atomic E-state index is -4.62. The third-order valence-electron chi connectivity index (χ3n) is 6.19. The van der Waals surface area contributed by atoms with Crippen molar-refractivity contribution < 1.29 is 38.2 Å². The Labute approximate surface area is 208 Å². The molecule has 0 aromatic heterocycles. The van der Waals surface area contributed by atoms with E-state index < -0.39 is 56.0 Å². The Morgan fingerprint density at radius 1 is 0.611 bits per heavy atom. The molecule has 4 aromatic carbocycles. The lowest BCUT2D eigenvalue weighted by molar-refractivity contribution is 0.484. The van der Waals surface area contributed by atoms with Crippen LogP contribution in [0.4, 0.5) is 5.69 Å². The predicted molar refractivity (Wildman–Crippen MR) is 138 cm³/mol. The second-order valence-corrected chi connectivity index (χ2v) is 16.5. The van der Waals surface area contributed by atoms with Crippen molar-refractivity contribution in [3.05, 3.63) is 36.4 Å². The topological polar surface area (TPSA) is 183 Å². The van der Waals surface area contributed by atoms with Gasteiger partial charge in [-0.2, -0.15) is 8.42 Å². The van der Waals surface area contributed by atoms with E-state index in [-0.39, 0.29) is 53.9 Å². The molecule has 0 aliphatic heterocycles. The molecule has 194 valence electrons. The Kier molecular flexibility index (Phi) is 6.28. The lowest BCUT2D eigenvalue weighted by Gasteiger charge is -2.19. The molecule has 4 rings (SSSR count). The predicted octanol–water partition coefficient (Wildman–Crippen LogP) is 2.41. The van der Waals surface area contributed by atoms with E-state index in [1.807, 2.05) is 0 Å². The van der Waals surface area contributed by atoms with Gasteiger partial charge in [0.15, 0.2) is 29.5 Å². The van der Waals surface area contributed by atoms with Crippen molar-refractivity contribution in [1.29, 1.82) is 0 Å². The average Bonchev–Trinajstić information content (AvgIpc) is 2.81. The van der Waals surface area contributed by atoms with E-state index in [4.69, 9.17) is 10.3 Å². The normalized spacial score (nSPS) is 13.8. The molecule has 0 heterocycles. The molecule has 0 saturated heterocycles. The lowest BCUT2D eigenvalue weighted by Crippen LogP contribution is -2.18. The van der Waals surface area contributed by atoms with Crippen LogP contribution in [0.1, 0.15) is 13.8 Å². The second-order valence-electron chi connectivity index (χ2n) is 8.32. The van der Waals surface area contributed by atoms with Crippen LogP contribution in [-0.2, 0) is 39.6 Å². The third kappa shape index (κ3) is 4.30. The van der Waals surface area contributed by atoms with E-state index in [0.717, 1.165) is 6.07 Å². The maximum absolute atomic E-state index is 13.2. The average molecular weight is 574 g/mol. The van der Waals surface area contributed by atoms with Gasteiger partial charge < -0.3 is 5.73 Å². The van der Waals surface area contributed by atoms with Crippen molar-refractivity contribution in [2.75, 3.05) is 28.7 Å². The van der Waals surface area contributed by atoms with E-state index in [2.05, 4.69) is 0 Å². The zero-order chi connectivity index (χ0) is 26.8. The Bertz CT molecular complexity index is 1980. The highest BCUT2D eigenvalue weighted by atomic mass is 32.2. The van der Waals surface area contributed by atoms with Gasteiger partial charge in [-0.1, -0.05) is 38.1 Å². The summed E-state index contributed by atoms with van der Waals surface area (Å²) >= 11 is 0. The largest absolute Gasteiger partial charge is 0.398 e. The first-order chi connectivity index (χ1) is 16.5. The number of benzene rings is 4. The maximum Gasteiger partial charge on any atom is 0.265 e. The van der Waals surface area contributed by atoms with Gasteiger partial charge in [-0.15, -0.1) is 0 Å². The van der Waals surface area contributed by atoms with Crippen LogP contribution in [0, 0.1) is 0 Å². The fraction of sp³-hybridized carbons (Fsp3) is 0.273. The molecule has 14 heteroatoms. The summed E-state index contributed by atoms with van der Waals surface area (Å²) in [6.07, 6.45) is 0. The third-order valence-corrected chi connectivity index (χ3v) is 12.5. The molecule has 0 spiro atoms. The fourth-order valence-corrected chi connectivity index (χ4v) is 9.38. The van der Waals surface area contributed by atoms with Crippen LogP contribution < -0.4 is 5.73 Å². The highest BCUT2D eigenvalue weighted by Gasteiger charge is 2.29. The summed E-state index contributed by atoms with van der Waals surface area (Å²) in [5.74, 6) is -2.64. The molecule has 0 amide bonds. The molecular formula is C22H23NO9S4. The van der Waals surface area contributed by atoms with Gasteiger partial charge in [0.2, 0.25) is 0 Å². The molecule has 10 nitrogen and oxygen atoms in total. The van der Waals surface area contributed by atoms with Crippen LogP contribution in [0.3, 0.4) is 0 Å². The van der Waals surface area contributed by atoms with Gasteiger partial charge in [0, 0.05) is 38.0 Å². The summed E-state index contributed by atoms with van der Waals surface area (Å²) < 4.78 is 110. The Hall–Kier alpha value is -2.52. The summed E-state index contributed by atoms with van der Waals surface area (Å²) in [5, 5.41) is 1.40. The zero-order valence-corrected chi connectivity index (χ0v) is 22.5. The molecule has 0 aliphatic rings. The summed E-state index contributed by atoms with van der Waals surface area (Å²) in [6, 6.07) is 8.18. The molecule has 0 bridgehead atoms. The maximum atomic E-state index is 13.2. The Morgan fingerprint density at radius 2 is 1.00 bits per heavy atom. The van der Waals surface area contributed by atoms with E-state index in [0.29, 0.717) is 5.39 Å². The number of sulfone groups is 3. The van der Waals surface area contributed by atoms with Crippen LogP contribution in [-0.4, -0.2) is 61.2 Å². The highest BCUT2D eigenvalue weighted by molar-refractivity contribution is 7.94. The molecule has 4 aromatic rings. The number of nitrogens with two attached hydrogens (primary N) is 1. The van der Waals surface area contributed by atoms with Crippen LogP contribution >= 0.6 is 0 Å². The second kappa shape index (κ2) is 8.52. The first kappa shape index (κ1) is 26.5. The first-order valence-corrected chi connectivity index (χ1v) is 17.3. The van der Waals surface area contributed by atoms with Gasteiger partial charge >= 0.3 is 0 Å². The number of hydrogen-bond acceptors (Lipinski definition) is 9. The summed E-state index contributed by atoms with van der Waals surface area (Å²) in [7, 11) is -16.8. The van der Waals surface area contributed by atoms with Crippen molar-refractivity contribution in [2.24, 2.45) is 0 Å². The van der Waals surface area contributed by atoms with Crippen molar-refractivity contribution >= 4 is 77.6 Å². The Morgan fingerprint density at radius 3 is 1.44 bits per heavy atom. The Balaban J connectivity index is 2.28. The van der Waals surface area contributed by atoms with Crippen molar-refractivity contribution in [2.45, 2.75) is 28.5 Å². The zero-order valence-electron chi connectivity index (χ0n) is 19.2. The van der Waals surface area contributed by atoms with E-state index in [9.17, 15) is 33.7 Å². The number of hydrogen-bond donors (Lipinski definition) is 2. The lowest BCUT2D eigenvalue weighted by atomic mass is 9.93. The monoisotopic (exact) mass is 573 g/mol. The van der Waals surface area contributed by atoms with Gasteiger partial charge in [0.25, 0.3) is 10.1 Å². The van der Waals surface area contributed by atoms with Crippen molar-refractivity contribution in [3.63, 3.8) is 0 Å². The van der Waals surface area contributed by atoms with E-state index >= 15 is 0 Å². The summed E-state index contributed by atoms with van der Waals surface area (Å²) in [6.45, 7) is 2.86. The number of rotatable bonds is 8. The first-order valence-electron chi connectivity index (χ1n) is 10.7. The minimum Gasteiger partial charge on any atom is -0.398 e. The van der Waals surface area contributed by atoms with Crippen LogP contribution in [0.25, 0.3) is 32.3 Å². The number of anilines is 1. The van der Waals surface area contributed by atoms with Crippen molar-refractivity contribution in [3.8, 4) is 0 Å².